The zero-order chi connectivity index (χ0) is 34.4. The van der Waals surface area contributed by atoms with Crippen molar-refractivity contribution in [1.82, 2.24) is 19.5 Å². The molecule has 0 spiro atoms. The van der Waals surface area contributed by atoms with E-state index in [9.17, 15) is 14.0 Å². The smallest absolute Gasteiger partial charge is 0.346 e. The maximum atomic E-state index is 14.1. The summed E-state index contributed by atoms with van der Waals surface area (Å²) >= 11 is 0. The van der Waals surface area contributed by atoms with Gasteiger partial charge in [0.05, 0.1) is 18.0 Å². The van der Waals surface area contributed by atoms with E-state index < -0.39 is 18.6 Å². The van der Waals surface area contributed by atoms with Crippen molar-refractivity contribution in [3.63, 3.8) is 0 Å². The van der Waals surface area contributed by atoms with E-state index in [2.05, 4.69) is 14.5 Å². The lowest BCUT2D eigenvalue weighted by Crippen LogP contribution is -2.57. The van der Waals surface area contributed by atoms with E-state index in [1.165, 1.54) is 18.5 Å². The topological polar surface area (TPSA) is 99.4 Å². The average molecular weight is 661 g/mol. The molecule has 4 rings (SSSR count). The molecule has 47 heavy (non-hydrogen) atoms. The number of nitrogens with zero attached hydrogens (tertiary/aromatic N) is 4. The lowest BCUT2D eigenvalue weighted by Gasteiger charge is -2.47. The molecule has 4 aromatic rings. The highest BCUT2D eigenvalue weighted by molar-refractivity contribution is 6.72. The van der Waals surface area contributed by atoms with Gasteiger partial charge in [-0.3, -0.25) is 4.79 Å². The van der Waals surface area contributed by atoms with Crippen molar-refractivity contribution in [1.29, 1.82) is 0 Å². The fourth-order valence-corrected chi connectivity index (χ4v) is 9.90. The first-order valence-electron chi connectivity index (χ1n) is 16.4. The van der Waals surface area contributed by atoms with Crippen molar-refractivity contribution in [3.8, 4) is 34.0 Å². The second-order valence-corrected chi connectivity index (χ2v) is 18.8. The number of benzene rings is 2. The van der Waals surface area contributed by atoms with Crippen LogP contribution in [0.25, 0.3) is 34.0 Å². The lowest BCUT2D eigenvalue weighted by atomic mass is 9.98. The van der Waals surface area contributed by atoms with Gasteiger partial charge in [-0.05, 0) is 56.0 Å². The van der Waals surface area contributed by atoms with Crippen molar-refractivity contribution < 1.29 is 23.1 Å². The SMILES string of the molecule is CCOC(=O)CC(C)CC(CCn1c(-c2ccccc2)nc(-c2ccncn2)c1-c1ccc(F)cc1)O[Si](O)(C(C)(C)C)C(C)(C)C. The number of hydrogen-bond donors (Lipinski definition) is 1. The van der Waals surface area contributed by atoms with E-state index in [0.29, 0.717) is 37.4 Å². The summed E-state index contributed by atoms with van der Waals surface area (Å²) in [6.07, 6.45) is 4.14. The molecule has 0 saturated heterocycles. The maximum absolute atomic E-state index is 14.1. The first-order valence-corrected chi connectivity index (χ1v) is 18.2. The number of ether oxygens (including phenoxy) is 1. The molecular formula is C37H49FN4O4Si. The van der Waals surface area contributed by atoms with Crippen LogP contribution in [0.15, 0.2) is 73.2 Å². The third-order valence-corrected chi connectivity index (χ3v) is 13.2. The summed E-state index contributed by atoms with van der Waals surface area (Å²) in [6, 6.07) is 18.1. The number of halogens is 1. The standard InChI is InChI=1S/C37H49FN4O4Si/c1-9-45-32(43)24-26(2)23-30(46-47(44,36(3,4)5)37(6,7)8)20-22-42-34(27-15-17-29(38)18-16-27)33(31-19-21-39-25-40-31)41-35(42)28-13-11-10-12-14-28/h10-19,21,25-26,30,44H,9,20,22-24H2,1-8H3. The lowest BCUT2D eigenvalue weighted by molar-refractivity contribution is -0.144. The highest BCUT2D eigenvalue weighted by Gasteiger charge is 2.56. The first-order chi connectivity index (χ1) is 22.1. The molecule has 1 N–H and O–H groups in total. The van der Waals surface area contributed by atoms with Crippen LogP contribution < -0.4 is 0 Å². The van der Waals surface area contributed by atoms with Crippen LogP contribution in [-0.4, -0.2) is 51.6 Å². The fraction of sp³-hybridized carbons (Fsp3) is 0.459. The number of carbonyl (C=O) groups excluding carboxylic acids is 1. The molecule has 2 heterocycles. The molecule has 0 amide bonds. The Hall–Kier alpha value is -3.73. The molecule has 2 unspecified atom stereocenters. The van der Waals surface area contributed by atoms with Crippen LogP contribution >= 0.6 is 0 Å². The minimum Gasteiger partial charge on any atom is -0.466 e. The fourth-order valence-electron chi connectivity index (χ4n) is 6.24. The number of carbonyl (C=O) groups is 1. The number of hydrogen-bond acceptors (Lipinski definition) is 7. The van der Waals surface area contributed by atoms with Gasteiger partial charge in [0, 0.05) is 46.5 Å². The Morgan fingerprint density at radius 2 is 1.64 bits per heavy atom. The summed E-state index contributed by atoms with van der Waals surface area (Å²) in [6.45, 7) is 16.8. The molecule has 2 aromatic heterocycles. The molecule has 8 nitrogen and oxygen atoms in total. The van der Waals surface area contributed by atoms with Gasteiger partial charge >= 0.3 is 14.5 Å². The summed E-state index contributed by atoms with van der Waals surface area (Å²) < 4.78 is 28.5. The first kappa shape index (κ1) is 36.1. The summed E-state index contributed by atoms with van der Waals surface area (Å²) in [5, 5.41) is -0.949. The third-order valence-electron chi connectivity index (χ3n) is 8.47. The maximum Gasteiger partial charge on any atom is 0.346 e. The quantitative estimate of drug-likeness (QED) is 0.113. The van der Waals surface area contributed by atoms with E-state index in [0.717, 1.165) is 22.6 Å². The van der Waals surface area contributed by atoms with Crippen molar-refractivity contribution >= 4 is 14.5 Å². The van der Waals surface area contributed by atoms with Gasteiger partial charge in [-0.1, -0.05) is 78.8 Å². The second kappa shape index (κ2) is 15.0. The van der Waals surface area contributed by atoms with Gasteiger partial charge in [-0.25, -0.2) is 19.3 Å². The van der Waals surface area contributed by atoms with Crippen LogP contribution in [0.5, 0.6) is 0 Å². The second-order valence-electron chi connectivity index (χ2n) is 14.3. The summed E-state index contributed by atoms with van der Waals surface area (Å²) in [5.41, 5.74) is 3.80. The van der Waals surface area contributed by atoms with E-state index in [4.69, 9.17) is 14.1 Å². The van der Waals surface area contributed by atoms with Crippen LogP contribution in [0.2, 0.25) is 10.1 Å². The zero-order valence-corrected chi connectivity index (χ0v) is 30.0. The molecular weight excluding hydrogens is 612 g/mol. The number of imidazole rings is 1. The van der Waals surface area contributed by atoms with Crippen LogP contribution in [0.3, 0.4) is 0 Å². The monoisotopic (exact) mass is 660 g/mol. The third kappa shape index (κ3) is 8.60. The van der Waals surface area contributed by atoms with E-state index in [-0.39, 0.29) is 30.2 Å². The highest BCUT2D eigenvalue weighted by atomic mass is 28.4. The minimum absolute atomic E-state index is 0.0400. The minimum atomic E-state index is -3.38. The summed E-state index contributed by atoms with van der Waals surface area (Å²) in [7, 11) is -3.38. The van der Waals surface area contributed by atoms with Crippen LogP contribution in [-0.2, 0) is 20.5 Å². The van der Waals surface area contributed by atoms with Gasteiger partial charge in [0.2, 0.25) is 0 Å². The van der Waals surface area contributed by atoms with E-state index >= 15 is 0 Å². The van der Waals surface area contributed by atoms with Gasteiger partial charge in [-0.15, -0.1) is 0 Å². The Kier molecular flexibility index (Phi) is 11.5. The molecule has 2 aromatic carbocycles. The van der Waals surface area contributed by atoms with Crippen LogP contribution in [0.1, 0.15) is 74.7 Å². The largest absolute Gasteiger partial charge is 0.466 e. The molecule has 0 fully saturated rings. The Bertz CT molecular complexity index is 1590. The molecule has 0 saturated carbocycles. The van der Waals surface area contributed by atoms with Crippen molar-refractivity contribution in [2.24, 2.45) is 5.92 Å². The van der Waals surface area contributed by atoms with Gasteiger partial charge in [0.25, 0.3) is 0 Å². The average Bonchev–Trinajstić information content (AvgIpc) is 3.39. The molecule has 0 radical (unpaired) electrons. The van der Waals surface area contributed by atoms with Crippen LogP contribution in [0, 0.1) is 11.7 Å². The summed E-state index contributed by atoms with van der Waals surface area (Å²) in [5.74, 6) is 0.120. The molecule has 252 valence electrons. The number of rotatable bonds is 13. The number of esters is 1. The van der Waals surface area contributed by atoms with E-state index in [1.54, 1.807) is 25.3 Å². The van der Waals surface area contributed by atoms with Gasteiger partial charge in [0.15, 0.2) is 0 Å². The Balaban J connectivity index is 1.84. The van der Waals surface area contributed by atoms with Crippen molar-refractivity contribution in [2.75, 3.05) is 6.61 Å². The molecule has 0 aliphatic carbocycles. The zero-order valence-electron chi connectivity index (χ0n) is 29.0. The van der Waals surface area contributed by atoms with Gasteiger partial charge in [0.1, 0.15) is 23.7 Å². The molecule has 0 aliphatic heterocycles. The number of aromatic nitrogens is 4. The molecule has 2 atom stereocenters. The Morgan fingerprint density at radius 3 is 2.21 bits per heavy atom. The van der Waals surface area contributed by atoms with E-state index in [1.807, 2.05) is 84.9 Å². The van der Waals surface area contributed by atoms with Crippen molar-refractivity contribution in [3.05, 3.63) is 79.0 Å². The van der Waals surface area contributed by atoms with Gasteiger partial charge in [-0.2, -0.15) is 0 Å². The predicted octanol–water partition coefficient (Wildman–Crippen LogP) is 8.60. The van der Waals surface area contributed by atoms with Crippen molar-refractivity contribution in [2.45, 2.75) is 97.4 Å². The summed E-state index contributed by atoms with van der Waals surface area (Å²) in [4.78, 5) is 38.5. The highest BCUT2D eigenvalue weighted by Crippen LogP contribution is 2.51. The molecule has 10 heteroatoms. The van der Waals surface area contributed by atoms with Gasteiger partial charge < -0.3 is 18.5 Å². The molecule has 0 bridgehead atoms. The molecule has 0 aliphatic rings. The van der Waals surface area contributed by atoms with Crippen LogP contribution in [0.4, 0.5) is 4.39 Å². The Labute approximate surface area is 279 Å². The predicted molar refractivity (Wildman–Crippen MR) is 186 cm³/mol. The normalized spacial score (nSPS) is 13.7. The Morgan fingerprint density at radius 1 is 0.979 bits per heavy atom.